The van der Waals surface area contributed by atoms with Crippen molar-refractivity contribution >= 4 is 18.0 Å². The highest BCUT2D eigenvalue weighted by atomic mass is 32.2. The minimum atomic E-state index is 0.662. The highest BCUT2D eigenvalue weighted by Gasteiger charge is 2.04. The maximum absolute atomic E-state index is 10.4. The number of tetrazole rings is 1. The third-order valence-electron chi connectivity index (χ3n) is 1.81. The molecule has 0 aliphatic heterocycles. The van der Waals surface area contributed by atoms with Crippen molar-refractivity contribution in [2.24, 2.45) is 7.05 Å². The van der Waals surface area contributed by atoms with Crippen LogP contribution in [0.1, 0.15) is 10.4 Å². The van der Waals surface area contributed by atoms with Gasteiger partial charge in [-0.3, -0.25) is 4.79 Å². The fourth-order valence-electron chi connectivity index (χ4n) is 1.03. The molecule has 0 spiro atoms. The lowest BCUT2D eigenvalue weighted by Gasteiger charge is -1.98. The largest absolute Gasteiger partial charge is 0.298 e. The van der Waals surface area contributed by atoms with Crippen LogP contribution in [0, 0.1) is 0 Å². The first-order valence-electron chi connectivity index (χ1n) is 4.25. The van der Waals surface area contributed by atoms with Gasteiger partial charge in [0.05, 0.1) is 0 Å². The Hall–Kier alpha value is -1.69. The summed E-state index contributed by atoms with van der Waals surface area (Å²) in [6, 6.07) is 7.25. The Morgan fingerprint density at radius 2 is 2.07 bits per heavy atom. The number of aromatic nitrogens is 4. The molecule has 6 heteroatoms. The summed E-state index contributed by atoms with van der Waals surface area (Å²) in [7, 11) is 1.78. The van der Waals surface area contributed by atoms with Gasteiger partial charge in [0, 0.05) is 17.5 Å². The molecule has 0 amide bonds. The molecule has 0 radical (unpaired) electrons. The van der Waals surface area contributed by atoms with E-state index < -0.39 is 0 Å². The maximum atomic E-state index is 10.4. The fourth-order valence-corrected chi connectivity index (χ4v) is 1.76. The maximum Gasteiger partial charge on any atom is 0.213 e. The zero-order chi connectivity index (χ0) is 10.7. The van der Waals surface area contributed by atoms with Crippen molar-refractivity contribution in [2.45, 2.75) is 10.1 Å². The lowest BCUT2D eigenvalue weighted by atomic mass is 10.2. The van der Waals surface area contributed by atoms with Gasteiger partial charge in [-0.05, 0) is 34.3 Å². The second-order valence-corrected chi connectivity index (χ2v) is 3.91. The van der Waals surface area contributed by atoms with Crippen LogP contribution in [0.3, 0.4) is 0 Å². The first-order valence-corrected chi connectivity index (χ1v) is 5.06. The van der Waals surface area contributed by atoms with Crippen LogP contribution < -0.4 is 0 Å². The summed E-state index contributed by atoms with van der Waals surface area (Å²) in [5, 5.41) is 11.8. The molecule has 76 valence electrons. The predicted octanol–water partition coefficient (Wildman–Crippen LogP) is 1.17. The Balaban J connectivity index is 2.18. The summed E-state index contributed by atoms with van der Waals surface area (Å²) < 4.78 is 1.60. The van der Waals surface area contributed by atoms with Crippen LogP contribution in [-0.2, 0) is 7.05 Å². The number of aryl methyl sites for hydroxylation is 1. The van der Waals surface area contributed by atoms with Crippen molar-refractivity contribution in [2.75, 3.05) is 0 Å². The second-order valence-electron chi connectivity index (χ2n) is 2.87. The first-order chi connectivity index (χ1) is 7.29. The molecule has 0 bridgehead atoms. The van der Waals surface area contributed by atoms with Crippen LogP contribution in [0.25, 0.3) is 0 Å². The molecule has 0 atom stereocenters. The molecular weight excluding hydrogens is 212 g/mol. The summed E-state index contributed by atoms with van der Waals surface area (Å²) >= 11 is 1.45. The molecule has 0 unspecified atom stereocenters. The average Bonchev–Trinajstić information content (AvgIpc) is 2.66. The van der Waals surface area contributed by atoms with Gasteiger partial charge < -0.3 is 0 Å². The van der Waals surface area contributed by atoms with Crippen LogP contribution in [-0.4, -0.2) is 26.5 Å². The second kappa shape index (κ2) is 4.22. The lowest BCUT2D eigenvalue weighted by molar-refractivity contribution is 0.112. The molecular formula is C9H8N4OS. The highest BCUT2D eigenvalue weighted by molar-refractivity contribution is 7.99. The van der Waals surface area contributed by atoms with Crippen LogP contribution in [0.2, 0.25) is 0 Å². The molecule has 0 saturated heterocycles. The molecule has 0 fully saturated rings. The topological polar surface area (TPSA) is 60.7 Å². The monoisotopic (exact) mass is 220 g/mol. The van der Waals surface area contributed by atoms with Gasteiger partial charge in [0.1, 0.15) is 6.29 Å². The number of aldehydes is 1. The van der Waals surface area contributed by atoms with E-state index in [1.807, 2.05) is 12.1 Å². The summed E-state index contributed by atoms with van der Waals surface area (Å²) in [6.45, 7) is 0. The molecule has 1 aromatic heterocycles. The van der Waals surface area contributed by atoms with Crippen LogP contribution in [0.5, 0.6) is 0 Å². The third-order valence-corrected chi connectivity index (χ3v) is 2.84. The van der Waals surface area contributed by atoms with Crippen molar-refractivity contribution in [3.05, 3.63) is 29.8 Å². The molecule has 0 saturated carbocycles. The summed E-state index contributed by atoms with van der Waals surface area (Å²) in [6.07, 6.45) is 0.818. The SMILES string of the molecule is Cn1nnnc1Sc1ccc(C=O)cc1. The van der Waals surface area contributed by atoms with Crippen molar-refractivity contribution < 1.29 is 4.79 Å². The van der Waals surface area contributed by atoms with Gasteiger partial charge in [-0.15, -0.1) is 5.10 Å². The van der Waals surface area contributed by atoms with Gasteiger partial charge in [-0.2, -0.15) is 0 Å². The number of hydrogen-bond donors (Lipinski definition) is 0. The highest BCUT2D eigenvalue weighted by Crippen LogP contribution is 2.24. The van der Waals surface area contributed by atoms with E-state index in [-0.39, 0.29) is 0 Å². The molecule has 0 aliphatic rings. The number of hydrogen-bond acceptors (Lipinski definition) is 5. The molecule has 1 heterocycles. The molecule has 2 aromatic rings. The van der Waals surface area contributed by atoms with E-state index in [4.69, 9.17) is 0 Å². The van der Waals surface area contributed by atoms with E-state index in [2.05, 4.69) is 15.5 Å². The van der Waals surface area contributed by atoms with E-state index >= 15 is 0 Å². The Morgan fingerprint density at radius 1 is 1.33 bits per heavy atom. The van der Waals surface area contributed by atoms with Gasteiger partial charge >= 0.3 is 0 Å². The van der Waals surface area contributed by atoms with E-state index in [1.165, 1.54) is 11.8 Å². The normalized spacial score (nSPS) is 10.2. The molecule has 2 rings (SSSR count). The minimum absolute atomic E-state index is 0.662. The number of carbonyl (C=O) groups is 1. The Kier molecular flexibility index (Phi) is 2.77. The lowest BCUT2D eigenvalue weighted by Crippen LogP contribution is -1.92. The number of rotatable bonds is 3. The standard InChI is InChI=1S/C9H8N4OS/c1-13-9(10-11-12-13)15-8-4-2-7(6-14)3-5-8/h2-6H,1H3. The van der Waals surface area contributed by atoms with Gasteiger partial charge in [0.2, 0.25) is 5.16 Å². The molecule has 5 nitrogen and oxygen atoms in total. The third kappa shape index (κ3) is 2.21. The number of benzene rings is 1. The Bertz CT molecular complexity index is 465. The van der Waals surface area contributed by atoms with Gasteiger partial charge in [0.25, 0.3) is 0 Å². The zero-order valence-corrected chi connectivity index (χ0v) is 8.81. The van der Waals surface area contributed by atoms with Crippen molar-refractivity contribution in [3.8, 4) is 0 Å². The number of carbonyl (C=O) groups excluding carboxylic acids is 1. The summed E-state index contributed by atoms with van der Waals surface area (Å²) in [5.74, 6) is 0. The summed E-state index contributed by atoms with van der Waals surface area (Å²) in [4.78, 5) is 11.4. The number of nitrogens with zero attached hydrogens (tertiary/aromatic N) is 4. The Labute approximate surface area is 90.5 Å². The van der Waals surface area contributed by atoms with E-state index in [0.29, 0.717) is 10.7 Å². The van der Waals surface area contributed by atoms with Gasteiger partial charge in [-0.1, -0.05) is 12.1 Å². The van der Waals surface area contributed by atoms with E-state index in [0.717, 1.165) is 11.2 Å². The van der Waals surface area contributed by atoms with Crippen LogP contribution in [0.4, 0.5) is 0 Å². The van der Waals surface area contributed by atoms with Crippen LogP contribution >= 0.6 is 11.8 Å². The van der Waals surface area contributed by atoms with E-state index in [1.54, 1.807) is 23.9 Å². The molecule has 1 aromatic carbocycles. The van der Waals surface area contributed by atoms with Gasteiger partial charge in [0.15, 0.2) is 0 Å². The smallest absolute Gasteiger partial charge is 0.213 e. The predicted molar refractivity (Wildman–Crippen MR) is 54.8 cm³/mol. The van der Waals surface area contributed by atoms with Crippen molar-refractivity contribution in [1.29, 1.82) is 0 Å². The first kappa shape index (κ1) is 9.85. The van der Waals surface area contributed by atoms with Gasteiger partial charge in [-0.25, -0.2) is 4.68 Å². The van der Waals surface area contributed by atoms with Crippen molar-refractivity contribution in [1.82, 2.24) is 20.2 Å². The Morgan fingerprint density at radius 3 is 2.60 bits per heavy atom. The minimum Gasteiger partial charge on any atom is -0.298 e. The fraction of sp³-hybridized carbons (Fsp3) is 0.111. The zero-order valence-electron chi connectivity index (χ0n) is 7.99. The molecule has 15 heavy (non-hydrogen) atoms. The van der Waals surface area contributed by atoms with Crippen LogP contribution in [0.15, 0.2) is 34.3 Å². The quantitative estimate of drug-likeness (QED) is 0.727. The average molecular weight is 220 g/mol. The summed E-state index contributed by atoms with van der Waals surface area (Å²) in [5.41, 5.74) is 0.662. The molecule has 0 aliphatic carbocycles. The van der Waals surface area contributed by atoms with Crippen molar-refractivity contribution in [3.63, 3.8) is 0 Å². The van der Waals surface area contributed by atoms with E-state index in [9.17, 15) is 4.79 Å². The molecule has 0 N–H and O–H groups in total.